The Kier molecular flexibility index (Phi) is 5.79. The molecule has 0 bridgehead atoms. The molecule has 1 aromatic carbocycles. The molecular formula is C22H25N3O2S2. The molecule has 0 saturated heterocycles. The fourth-order valence-electron chi connectivity index (χ4n) is 3.65. The molecule has 7 heteroatoms. The summed E-state index contributed by atoms with van der Waals surface area (Å²) in [4.78, 5) is 32.8. The summed E-state index contributed by atoms with van der Waals surface area (Å²) in [6.07, 6.45) is 3.08. The van der Waals surface area contributed by atoms with Crippen molar-refractivity contribution in [2.45, 2.75) is 45.2 Å². The standard InChI is InChI=1S/C22H25N3O2S2/c1-13(2)11-23-18(26)12-28-22-24-20-19(15-8-6-10-17(15)29-20)21(27)25(22)16-9-5-4-7-14(16)3/h4-5,7,9,13H,6,8,10-12H2,1-3H3,(H,23,26). The molecule has 1 aliphatic carbocycles. The summed E-state index contributed by atoms with van der Waals surface area (Å²) < 4.78 is 1.70. The van der Waals surface area contributed by atoms with Crippen LogP contribution in [0.2, 0.25) is 0 Å². The lowest BCUT2D eigenvalue weighted by atomic mass is 10.2. The van der Waals surface area contributed by atoms with Crippen LogP contribution in [0.1, 0.15) is 36.3 Å². The van der Waals surface area contributed by atoms with E-state index >= 15 is 0 Å². The minimum atomic E-state index is -0.0388. The largest absolute Gasteiger partial charge is 0.355 e. The summed E-state index contributed by atoms with van der Waals surface area (Å²) in [6, 6.07) is 7.83. The second-order valence-electron chi connectivity index (χ2n) is 7.85. The Balaban J connectivity index is 1.78. The summed E-state index contributed by atoms with van der Waals surface area (Å²) in [6.45, 7) is 6.77. The lowest BCUT2D eigenvalue weighted by molar-refractivity contribution is -0.118. The van der Waals surface area contributed by atoms with Gasteiger partial charge in [-0.25, -0.2) is 4.98 Å². The van der Waals surface area contributed by atoms with E-state index in [0.29, 0.717) is 17.6 Å². The SMILES string of the molecule is Cc1ccccc1-n1c(SCC(=O)NCC(C)C)nc2sc3c(c2c1=O)CCC3. The Labute approximate surface area is 178 Å². The highest BCUT2D eigenvalue weighted by Gasteiger charge is 2.24. The summed E-state index contributed by atoms with van der Waals surface area (Å²) in [5.74, 6) is 0.599. The maximum atomic E-state index is 13.6. The van der Waals surface area contributed by atoms with E-state index in [4.69, 9.17) is 4.98 Å². The van der Waals surface area contributed by atoms with Gasteiger partial charge in [-0.2, -0.15) is 0 Å². The number of thioether (sulfide) groups is 1. The molecule has 0 radical (unpaired) electrons. The van der Waals surface area contributed by atoms with Crippen molar-refractivity contribution in [3.05, 3.63) is 50.6 Å². The first-order valence-corrected chi connectivity index (χ1v) is 11.8. The van der Waals surface area contributed by atoms with E-state index in [1.165, 1.54) is 22.2 Å². The van der Waals surface area contributed by atoms with E-state index in [1.54, 1.807) is 15.9 Å². The molecule has 2 aromatic heterocycles. The van der Waals surface area contributed by atoms with Crippen molar-refractivity contribution in [3.63, 3.8) is 0 Å². The number of aromatic nitrogens is 2. The average molecular weight is 428 g/mol. The van der Waals surface area contributed by atoms with Gasteiger partial charge in [0.1, 0.15) is 4.83 Å². The lowest BCUT2D eigenvalue weighted by Crippen LogP contribution is -2.29. The molecule has 29 heavy (non-hydrogen) atoms. The van der Waals surface area contributed by atoms with Crippen LogP contribution in [0.15, 0.2) is 34.2 Å². The number of hydrogen-bond donors (Lipinski definition) is 1. The monoisotopic (exact) mass is 427 g/mol. The molecule has 4 rings (SSSR count). The van der Waals surface area contributed by atoms with Crippen molar-refractivity contribution in [1.82, 2.24) is 14.9 Å². The van der Waals surface area contributed by atoms with Gasteiger partial charge in [0.15, 0.2) is 5.16 Å². The Bertz CT molecular complexity index is 1130. The molecule has 1 amide bonds. The number of amides is 1. The van der Waals surface area contributed by atoms with Gasteiger partial charge in [-0.05, 0) is 49.3 Å². The minimum absolute atomic E-state index is 0.0196. The first-order chi connectivity index (χ1) is 14.0. The van der Waals surface area contributed by atoms with Gasteiger partial charge in [0.05, 0.1) is 16.8 Å². The molecule has 152 valence electrons. The van der Waals surface area contributed by atoms with E-state index in [2.05, 4.69) is 19.2 Å². The summed E-state index contributed by atoms with van der Waals surface area (Å²) >= 11 is 2.96. The highest BCUT2D eigenvalue weighted by molar-refractivity contribution is 7.99. The number of thiophene rings is 1. The first kappa shape index (κ1) is 20.2. The predicted molar refractivity (Wildman–Crippen MR) is 121 cm³/mol. The van der Waals surface area contributed by atoms with E-state index in [0.717, 1.165) is 40.7 Å². The summed E-state index contributed by atoms with van der Waals surface area (Å²) in [5, 5.41) is 4.28. The fraction of sp³-hybridized carbons (Fsp3) is 0.409. The van der Waals surface area contributed by atoms with Crippen LogP contribution in [-0.4, -0.2) is 27.8 Å². The predicted octanol–water partition coefficient (Wildman–Crippen LogP) is 4.11. The second-order valence-corrected chi connectivity index (χ2v) is 9.87. The van der Waals surface area contributed by atoms with Crippen LogP contribution >= 0.6 is 23.1 Å². The van der Waals surface area contributed by atoms with Crippen LogP contribution in [0.3, 0.4) is 0 Å². The average Bonchev–Trinajstić information content (AvgIpc) is 3.26. The van der Waals surface area contributed by atoms with Gasteiger partial charge in [-0.1, -0.05) is 43.8 Å². The van der Waals surface area contributed by atoms with Gasteiger partial charge in [-0.3, -0.25) is 14.2 Å². The van der Waals surface area contributed by atoms with Gasteiger partial charge >= 0.3 is 0 Å². The van der Waals surface area contributed by atoms with Crippen molar-refractivity contribution >= 4 is 39.2 Å². The van der Waals surface area contributed by atoms with Crippen molar-refractivity contribution in [2.75, 3.05) is 12.3 Å². The fourth-order valence-corrected chi connectivity index (χ4v) is 5.79. The number of para-hydroxylation sites is 1. The van der Waals surface area contributed by atoms with Crippen LogP contribution in [0, 0.1) is 12.8 Å². The topological polar surface area (TPSA) is 64.0 Å². The number of carbonyl (C=O) groups excluding carboxylic acids is 1. The third kappa shape index (κ3) is 3.98. The Hall–Kier alpha value is -2.12. The number of benzene rings is 1. The molecule has 0 unspecified atom stereocenters. The molecule has 0 fully saturated rings. The Morgan fingerprint density at radius 2 is 2.10 bits per heavy atom. The number of nitrogens with one attached hydrogen (secondary N) is 1. The Morgan fingerprint density at radius 3 is 2.86 bits per heavy atom. The van der Waals surface area contributed by atoms with Crippen LogP contribution in [0.25, 0.3) is 15.9 Å². The summed E-state index contributed by atoms with van der Waals surface area (Å²) in [5.41, 5.74) is 2.99. The number of hydrogen-bond acceptors (Lipinski definition) is 5. The van der Waals surface area contributed by atoms with Crippen LogP contribution in [0.4, 0.5) is 0 Å². The van der Waals surface area contributed by atoms with Crippen LogP contribution < -0.4 is 10.9 Å². The van der Waals surface area contributed by atoms with Crippen molar-refractivity contribution in [2.24, 2.45) is 5.92 Å². The molecule has 0 spiro atoms. The quantitative estimate of drug-likeness (QED) is 0.475. The smallest absolute Gasteiger partial charge is 0.267 e. The molecule has 3 aromatic rings. The maximum absolute atomic E-state index is 13.6. The van der Waals surface area contributed by atoms with Crippen molar-refractivity contribution in [3.8, 4) is 5.69 Å². The van der Waals surface area contributed by atoms with Gasteiger partial charge in [0.25, 0.3) is 5.56 Å². The molecule has 0 atom stereocenters. The van der Waals surface area contributed by atoms with Gasteiger partial charge in [0.2, 0.25) is 5.91 Å². The van der Waals surface area contributed by atoms with Crippen LogP contribution in [-0.2, 0) is 17.6 Å². The van der Waals surface area contributed by atoms with E-state index in [-0.39, 0.29) is 17.2 Å². The number of rotatable bonds is 6. The molecule has 1 aliphatic rings. The van der Waals surface area contributed by atoms with Gasteiger partial charge in [0, 0.05) is 11.4 Å². The first-order valence-electron chi connectivity index (χ1n) is 9.98. The second kappa shape index (κ2) is 8.32. The molecule has 0 saturated carbocycles. The normalized spacial score (nSPS) is 13.2. The van der Waals surface area contributed by atoms with E-state index < -0.39 is 0 Å². The number of nitrogens with zero attached hydrogens (tertiary/aromatic N) is 2. The van der Waals surface area contributed by atoms with Gasteiger partial charge < -0.3 is 5.32 Å². The van der Waals surface area contributed by atoms with E-state index in [1.807, 2.05) is 31.2 Å². The Morgan fingerprint density at radius 1 is 1.31 bits per heavy atom. The number of aryl methyl sites for hydroxylation is 3. The number of carbonyl (C=O) groups is 1. The molecule has 0 aliphatic heterocycles. The lowest BCUT2D eigenvalue weighted by Gasteiger charge is -2.14. The molecule has 5 nitrogen and oxygen atoms in total. The molecular weight excluding hydrogens is 402 g/mol. The van der Waals surface area contributed by atoms with Gasteiger partial charge in [-0.15, -0.1) is 11.3 Å². The molecule has 1 N–H and O–H groups in total. The zero-order chi connectivity index (χ0) is 20.5. The highest BCUT2D eigenvalue weighted by Crippen LogP contribution is 2.36. The molecule has 2 heterocycles. The van der Waals surface area contributed by atoms with Crippen LogP contribution in [0.5, 0.6) is 0 Å². The zero-order valence-electron chi connectivity index (χ0n) is 16.9. The van der Waals surface area contributed by atoms with Crippen molar-refractivity contribution < 1.29 is 4.79 Å². The third-order valence-electron chi connectivity index (χ3n) is 5.10. The van der Waals surface area contributed by atoms with Crippen molar-refractivity contribution in [1.29, 1.82) is 0 Å². The maximum Gasteiger partial charge on any atom is 0.267 e. The highest BCUT2D eigenvalue weighted by atomic mass is 32.2. The minimum Gasteiger partial charge on any atom is -0.355 e. The zero-order valence-corrected chi connectivity index (χ0v) is 18.6. The number of fused-ring (bicyclic) bond motifs is 3. The van der Waals surface area contributed by atoms with E-state index in [9.17, 15) is 9.59 Å². The summed E-state index contributed by atoms with van der Waals surface area (Å²) in [7, 11) is 0. The third-order valence-corrected chi connectivity index (χ3v) is 7.23.